The molecule has 7 heteroatoms. The number of rotatable bonds is 6. The molecule has 178 valence electrons. The van der Waals surface area contributed by atoms with E-state index >= 15 is 0 Å². The monoisotopic (exact) mass is 541 g/mol. The van der Waals surface area contributed by atoms with Gasteiger partial charge in [0, 0.05) is 5.56 Å². The van der Waals surface area contributed by atoms with E-state index in [0.717, 1.165) is 10.8 Å². The number of benzene rings is 4. The Kier molecular flexibility index (Phi) is 6.64. The van der Waals surface area contributed by atoms with Crippen molar-refractivity contribution in [3.63, 3.8) is 0 Å². The van der Waals surface area contributed by atoms with Gasteiger partial charge in [0.25, 0.3) is 0 Å². The lowest BCUT2D eigenvalue weighted by Crippen LogP contribution is -2.10. The summed E-state index contributed by atoms with van der Waals surface area (Å²) < 4.78 is 17.3. The minimum Gasteiger partial charge on any atom is -0.490 e. The molecule has 0 saturated carbocycles. The van der Waals surface area contributed by atoms with Crippen LogP contribution in [-0.2, 0) is 9.53 Å². The highest BCUT2D eigenvalue weighted by Gasteiger charge is 2.25. The minimum atomic E-state index is -0.549. The van der Waals surface area contributed by atoms with Gasteiger partial charge < -0.3 is 14.2 Å². The van der Waals surface area contributed by atoms with Crippen molar-refractivity contribution in [1.29, 1.82) is 0 Å². The second kappa shape index (κ2) is 10.2. The number of hydrogen-bond acceptors (Lipinski definition) is 6. The maximum Gasteiger partial charge on any atom is 0.363 e. The van der Waals surface area contributed by atoms with Crippen LogP contribution in [0, 0.1) is 0 Å². The average Bonchev–Trinajstić information content (AvgIpc) is 3.26. The Morgan fingerprint density at radius 2 is 1.72 bits per heavy atom. The lowest BCUT2D eigenvalue weighted by molar-refractivity contribution is -0.129. The summed E-state index contributed by atoms with van der Waals surface area (Å²) in [7, 11) is 0. The van der Waals surface area contributed by atoms with Gasteiger partial charge in [-0.2, -0.15) is 0 Å². The van der Waals surface area contributed by atoms with Crippen LogP contribution in [-0.4, -0.2) is 24.4 Å². The van der Waals surface area contributed by atoms with E-state index in [9.17, 15) is 9.59 Å². The fraction of sp³-hybridized carbons (Fsp3) is 0.0690. The van der Waals surface area contributed by atoms with Gasteiger partial charge in [-0.3, -0.25) is 0 Å². The molecule has 0 N–H and O–H groups in total. The lowest BCUT2D eigenvalue weighted by Gasteiger charge is -2.13. The van der Waals surface area contributed by atoms with Crippen LogP contribution >= 0.6 is 15.9 Å². The Labute approximate surface area is 216 Å². The number of nitrogens with zero attached hydrogens (tertiary/aromatic N) is 1. The average molecular weight is 542 g/mol. The van der Waals surface area contributed by atoms with E-state index in [4.69, 9.17) is 14.2 Å². The lowest BCUT2D eigenvalue weighted by atomic mass is 10.1. The zero-order valence-corrected chi connectivity index (χ0v) is 20.8. The van der Waals surface area contributed by atoms with Crippen molar-refractivity contribution in [1.82, 2.24) is 0 Å². The van der Waals surface area contributed by atoms with Gasteiger partial charge in [0.2, 0.25) is 5.90 Å². The number of cyclic esters (lactones) is 1. The molecule has 36 heavy (non-hydrogen) atoms. The van der Waals surface area contributed by atoms with Crippen LogP contribution in [0.3, 0.4) is 0 Å². The first-order valence-corrected chi connectivity index (χ1v) is 12.1. The molecule has 4 aromatic rings. The van der Waals surface area contributed by atoms with Crippen LogP contribution in [0.5, 0.6) is 11.5 Å². The highest BCUT2D eigenvalue weighted by Crippen LogP contribution is 2.38. The van der Waals surface area contributed by atoms with Crippen LogP contribution in [0.4, 0.5) is 0 Å². The Bertz CT molecular complexity index is 1540. The van der Waals surface area contributed by atoms with Gasteiger partial charge in [0.15, 0.2) is 17.2 Å². The molecular formula is C29H20BrNO5. The van der Waals surface area contributed by atoms with Gasteiger partial charge in [-0.1, -0.05) is 48.5 Å². The molecule has 1 aliphatic heterocycles. The molecule has 0 bridgehead atoms. The maximum absolute atomic E-state index is 12.6. The van der Waals surface area contributed by atoms with Crippen molar-refractivity contribution in [3.05, 3.63) is 112 Å². The van der Waals surface area contributed by atoms with E-state index in [-0.39, 0.29) is 17.3 Å². The molecule has 6 nitrogen and oxygen atoms in total. The summed E-state index contributed by atoms with van der Waals surface area (Å²) in [5.74, 6) is -0.205. The van der Waals surface area contributed by atoms with Crippen LogP contribution in [0.15, 0.2) is 100 Å². The largest absolute Gasteiger partial charge is 0.490 e. The molecule has 0 unspecified atom stereocenters. The summed E-state index contributed by atoms with van der Waals surface area (Å²) in [6.07, 6.45) is 1.60. The van der Waals surface area contributed by atoms with Crippen molar-refractivity contribution < 1.29 is 23.8 Å². The minimum absolute atomic E-state index is 0.154. The van der Waals surface area contributed by atoms with Crippen molar-refractivity contribution in [2.24, 2.45) is 4.99 Å². The Balaban J connectivity index is 1.45. The van der Waals surface area contributed by atoms with Crippen LogP contribution < -0.4 is 9.47 Å². The van der Waals surface area contributed by atoms with Crippen molar-refractivity contribution in [3.8, 4) is 11.5 Å². The molecular weight excluding hydrogens is 522 g/mol. The summed E-state index contributed by atoms with van der Waals surface area (Å²) in [6, 6.07) is 25.8. The fourth-order valence-electron chi connectivity index (χ4n) is 3.77. The molecule has 4 aromatic carbocycles. The summed E-state index contributed by atoms with van der Waals surface area (Å²) >= 11 is 3.47. The van der Waals surface area contributed by atoms with Crippen LogP contribution in [0.1, 0.15) is 28.4 Å². The summed E-state index contributed by atoms with van der Waals surface area (Å²) in [5, 5.41) is 2.11. The van der Waals surface area contributed by atoms with Gasteiger partial charge in [-0.05, 0) is 81.7 Å². The zero-order valence-electron chi connectivity index (χ0n) is 19.2. The van der Waals surface area contributed by atoms with Gasteiger partial charge in [-0.25, -0.2) is 14.6 Å². The first-order valence-electron chi connectivity index (χ1n) is 11.3. The van der Waals surface area contributed by atoms with Gasteiger partial charge in [0.1, 0.15) is 0 Å². The number of ether oxygens (including phenoxy) is 3. The van der Waals surface area contributed by atoms with Crippen LogP contribution in [0.25, 0.3) is 16.8 Å². The molecule has 0 aromatic heterocycles. The van der Waals surface area contributed by atoms with Crippen molar-refractivity contribution in [2.45, 2.75) is 6.92 Å². The molecule has 1 heterocycles. The second-order valence-electron chi connectivity index (χ2n) is 7.92. The third-order valence-corrected chi connectivity index (χ3v) is 6.05. The molecule has 0 amide bonds. The van der Waals surface area contributed by atoms with E-state index in [1.54, 1.807) is 42.5 Å². The predicted molar refractivity (Wildman–Crippen MR) is 141 cm³/mol. The first kappa shape index (κ1) is 23.5. The highest BCUT2D eigenvalue weighted by atomic mass is 79.9. The Morgan fingerprint density at radius 1 is 0.972 bits per heavy atom. The summed E-state index contributed by atoms with van der Waals surface area (Å²) in [6.45, 7) is 2.19. The van der Waals surface area contributed by atoms with Gasteiger partial charge in [-0.15, -0.1) is 0 Å². The van der Waals surface area contributed by atoms with Crippen molar-refractivity contribution >= 4 is 50.6 Å². The van der Waals surface area contributed by atoms with Gasteiger partial charge >= 0.3 is 11.9 Å². The number of esters is 2. The van der Waals surface area contributed by atoms with E-state index in [0.29, 0.717) is 33.5 Å². The smallest absolute Gasteiger partial charge is 0.363 e. The molecule has 1 aliphatic rings. The van der Waals surface area contributed by atoms with E-state index < -0.39 is 11.9 Å². The highest BCUT2D eigenvalue weighted by molar-refractivity contribution is 9.10. The zero-order chi connectivity index (χ0) is 25.1. The third-order valence-electron chi connectivity index (χ3n) is 5.46. The standard InChI is InChI=1S/C29H20BrNO5/c1-2-34-25-16-18(14-23(30)26(25)35-28(32)20-9-4-3-5-10-20)15-24-29(33)36-27(31-24)22-13-12-19-8-6-7-11-21(19)17-22/h3-17H,2H2,1H3/b24-15-. The van der Waals surface area contributed by atoms with E-state index in [1.807, 2.05) is 55.5 Å². The maximum atomic E-state index is 12.6. The Morgan fingerprint density at radius 3 is 2.50 bits per heavy atom. The summed E-state index contributed by atoms with van der Waals surface area (Å²) in [5.41, 5.74) is 1.91. The molecule has 0 saturated heterocycles. The van der Waals surface area contributed by atoms with Gasteiger partial charge in [0.05, 0.1) is 16.6 Å². The molecule has 0 spiro atoms. The number of hydrogen-bond donors (Lipinski definition) is 0. The molecule has 0 fully saturated rings. The molecule has 0 aliphatic carbocycles. The number of carbonyl (C=O) groups excluding carboxylic acids is 2. The topological polar surface area (TPSA) is 74.2 Å². The second-order valence-corrected chi connectivity index (χ2v) is 8.77. The van der Waals surface area contributed by atoms with Crippen molar-refractivity contribution in [2.75, 3.05) is 6.61 Å². The predicted octanol–water partition coefficient (Wildman–Crippen LogP) is 6.56. The Hall–Kier alpha value is -4.23. The van der Waals surface area contributed by atoms with E-state index in [1.165, 1.54) is 0 Å². The number of fused-ring (bicyclic) bond motifs is 1. The molecule has 0 atom stereocenters. The fourth-order valence-corrected chi connectivity index (χ4v) is 4.31. The normalized spacial score (nSPS) is 14.0. The van der Waals surface area contributed by atoms with Crippen LogP contribution in [0.2, 0.25) is 0 Å². The molecule has 0 radical (unpaired) electrons. The third kappa shape index (κ3) is 4.92. The van der Waals surface area contributed by atoms with E-state index in [2.05, 4.69) is 20.9 Å². The number of carbonyl (C=O) groups is 2. The summed E-state index contributed by atoms with van der Waals surface area (Å²) in [4.78, 5) is 29.6. The first-order chi connectivity index (χ1) is 17.5. The quantitative estimate of drug-likeness (QED) is 0.157. The number of aliphatic imine (C=N–C) groups is 1. The number of halogens is 1. The SMILES string of the molecule is CCOc1cc(/C=C2\N=C(c3ccc4ccccc4c3)OC2=O)cc(Br)c1OC(=O)c1ccccc1. The molecule has 5 rings (SSSR count).